The van der Waals surface area contributed by atoms with E-state index in [0.29, 0.717) is 16.1 Å². The number of ether oxygens (including phenoxy) is 3. The maximum atomic E-state index is 16.5. The van der Waals surface area contributed by atoms with Crippen LogP contribution >= 0.6 is 23.2 Å². The highest BCUT2D eigenvalue weighted by Crippen LogP contribution is 2.51. The lowest BCUT2D eigenvalue weighted by atomic mass is 9.72. The number of hydrogen-bond donors (Lipinski definition) is 1. The topological polar surface area (TPSA) is 108 Å². The Morgan fingerprint density at radius 2 is 1.77 bits per heavy atom. The Balaban J connectivity index is 1.70. The van der Waals surface area contributed by atoms with Gasteiger partial charge in [0, 0.05) is 54.3 Å². The third kappa shape index (κ3) is 5.32. The number of carbonyl (C=O) groups excluding carboxylic acids is 2. The van der Waals surface area contributed by atoms with Gasteiger partial charge in [-0.1, -0.05) is 48.3 Å². The molecule has 2 heterocycles. The third-order valence-corrected chi connectivity index (χ3v) is 9.02. The van der Waals surface area contributed by atoms with E-state index in [2.05, 4.69) is 0 Å². The minimum atomic E-state index is -2.12. The number of aliphatic carboxylic acids is 1. The highest BCUT2D eigenvalue weighted by molar-refractivity contribution is 6.31. The summed E-state index contributed by atoms with van der Waals surface area (Å²) < 4.78 is 49.6. The smallest absolute Gasteiger partial charge is 0.257 e. The molecule has 3 aromatic rings. The number of benzene rings is 3. The average molecular weight is 649 g/mol. The molecule has 44 heavy (non-hydrogen) atoms. The normalized spacial score (nSPS) is 20.7. The SMILES string of the molecule is CC[C@@](O)(c1cc(F)c2c(c1)C(=O)N(Cc1ccc(Cl)cc1OCC(=O)[O-])[C@@]2(OC)c1ccc(Cl)cc1)C1(F)CCOCC1. The molecule has 2 aliphatic rings. The van der Waals surface area contributed by atoms with Crippen molar-refractivity contribution >= 4 is 35.1 Å². The fourth-order valence-corrected chi connectivity index (χ4v) is 6.55. The van der Waals surface area contributed by atoms with E-state index in [1.54, 1.807) is 37.3 Å². The van der Waals surface area contributed by atoms with Gasteiger partial charge in [-0.25, -0.2) is 8.78 Å². The summed E-state index contributed by atoms with van der Waals surface area (Å²) in [7, 11) is 1.31. The van der Waals surface area contributed by atoms with Crippen LogP contribution in [0.3, 0.4) is 0 Å². The monoisotopic (exact) mass is 648 g/mol. The van der Waals surface area contributed by atoms with Gasteiger partial charge in [-0.05, 0) is 48.4 Å². The summed E-state index contributed by atoms with van der Waals surface area (Å²) in [5.74, 6) is -2.98. The van der Waals surface area contributed by atoms with Crippen molar-refractivity contribution in [1.29, 1.82) is 0 Å². The molecule has 5 rings (SSSR count). The summed E-state index contributed by atoms with van der Waals surface area (Å²) >= 11 is 12.3. The van der Waals surface area contributed by atoms with Crippen molar-refractivity contribution < 1.29 is 42.8 Å². The van der Waals surface area contributed by atoms with E-state index in [-0.39, 0.29) is 66.5 Å². The lowest BCUT2D eigenvalue weighted by Crippen LogP contribution is -2.51. The molecule has 0 spiro atoms. The average Bonchev–Trinajstić information content (AvgIpc) is 3.25. The first-order valence-corrected chi connectivity index (χ1v) is 14.7. The highest BCUT2D eigenvalue weighted by atomic mass is 35.5. The van der Waals surface area contributed by atoms with Crippen LogP contribution in [0.15, 0.2) is 54.6 Å². The van der Waals surface area contributed by atoms with E-state index in [1.807, 2.05) is 0 Å². The van der Waals surface area contributed by atoms with Crippen LogP contribution in [0.25, 0.3) is 0 Å². The van der Waals surface area contributed by atoms with Crippen LogP contribution in [0.5, 0.6) is 5.75 Å². The van der Waals surface area contributed by atoms with Crippen molar-refractivity contribution in [3.8, 4) is 5.75 Å². The van der Waals surface area contributed by atoms with Crippen LogP contribution in [0.2, 0.25) is 10.0 Å². The molecule has 8 nitrogen and oxygen atoms in total. The van der Waals surface area contributed by atoms with E-state index in [1.165, 1.54) is 30.2 Å². The summed E-state index contributed by atoms with van der Waals surface area (Å²) in [5, 5.41) is 23.5. The van der Waals surface area contributed by atoms with Crippen molar-refractivity contribution in [2.24, 2.45) is 0 Å². The number of carbonyl (C=O) groups is 2. The molecular weight excluding hydrogens is 619 g/mol. The molecule has 3 aromatic carbocycles. The Hall–Kier alpha value is -3.28. The number of fused-ring (bicyclic) bond motifs is 1. The van der Waals surface area contributed by atoms with Crippen molar-refractivity contribution in [2.75, 3.05) is 26.9 Å². The molecule has 0 bridgehead atoms. The van der Waals surface area contributed by atoms with E-state index < -0.39 is 41.3 Å². The number of halogens is 4. The minimum absolute atomic E-state index is 0.0620. The van der Waals surface area contributed by atoms with E-state index >= 15 is 8.78 Å². The van der Waals surface area contributed by atoms with E-state index in [9.17, 15) is 19.8 Å². The van der Waals surface area contributed by atoms with Crippen LogP contribution in [-0.4, -0.2) is 54.5 Å². The summed E-state index contributed by atoms with van der Waals surface area (Å²) in [6.45, 7) is 0.744. The molecule has 0 aliphatic carbocycles. The molecule has 2 atom stereocenters. The lowest BCUT2D eigenvalue weighted by Gasteiger charge is -2.44. The van der Waals surface area contributed by atoms with Crippen LogP contribution in [0, 0.1) is 5.82 Å². The molecule has 1 N–H and O–H groups in total. The molecule has 0 aromatic heterocycles. The van der Waals surface area contributed by atoms with Crippen molar-refractivity contribution in [2.45, 2.75) is 49.7 Å². The van der Waals surface area contributed by atoms with Gasteiger partial charge in [0.1, 0.15) is 29.4 Å². The van der Waals surface area contributed by atoms with E-state index in [4.69, 9.17) is 37.4 Å². The molecule has 234 valence electrons. The molecule has 1 amide bonds. The molecule has 0 unspecified atom stereocenters. The standard InChI is InChI=1S/C32H31Cl2F2NO7/c1-3-31(41,30(36)10-12-43-13-11-30)21-14-24-28(25(35)15-21)32(42-2,20-5-8-22(33)9-6-20)37(29(24)40)17-19-4-7-23(34)16-26(19)44-18-27(38)39/h4-9,14-16,41H,3,10-13,17-18H2,1-2H3,(H,38,39)/p-1/t31-,32-/m1/s1. The van der Waals surface area contributed by atoms with Gasteiger partial charge >= 0.3 is 0 Å². The number of nitrogens with zero attached hydrogens (tertiary/aromatic N) is 1. The van der Waals surface area contributed by atoms with Crippen LogP contribution in [-0.2, 0) is 32.1 Å². The van der Waals surface area contributed by atoms with Gasteiger partial charge in [-0.15, -0.1) is 0 Å². The van der Waals surface area contributed by atoms with Gasteiger partial charge in [0.15, 0.2) is 5.72 Å². The van der Waals surface area contributed by atoms with Gasteiger partial charge in [-0.2, -0.15) is 0 Å². The molecule has 0 saturated carbocycles. The predicted octanol–water partition coefficient (Wildman–Crippen LogP) is 4.88. The molecule has 1 fully saturated rings. The zero-order valence-electron chi connectivity index (χ0n) is 24.0. The Morgan fingerprint density at radius 1 is 1.11 bits per heavy atom. The minimum Gasteiger partial charge on any atom is -0.546 e. The van der Waals surface area contributed by atoms with Crippen LogP contribution in [0.4, 0.5) is 8.78 Å². The first kappa shape index (κ1) is 32.1. The summed E-state index contributed by atoms with van der Waals surface area (Å²) in [4.78, 5) is 26.7. The predicted molar refractivity (Wildman–Crippen MR) is 156 cm³/mol. The largest absolute Gasteiger partial charge is 0.546 e. The number of hydrogen-bond acceptors (Lipinski definition) is 7. The Bertz CT molecular complexity index is 1580. The number of alkyl halides is 1. The molecule has 0 radical (unpaired) electrons. The molecule has 12 heteroatoms. The maximum Gasteiger partial charge on any atom is 0.257 e. The number of methoxy groups -OCH3 is 1. The zero-order chi connectivity index (χ0) is 31.9. The molecule has 1 saturated heterocycles. The summed E-state index contributed by atoms with van der Waals surface area (Å²) in [5.41, 5.74) is -5.74. The second-order valence-electron chi connectivity index (χ2n) is 10.8. The van der Waals surface area contributed by atoms with Crippen LogP contribution in [0.1, 0.15) is 58.8 Å². The molecular formula is C32H30Cl2F2NO7-. The van der Waals surface area contributed by atoms with Crippen LogP contribution < -0.4 is 9.84 Å². The summed E-state index contributed by atoms with van der Waals surface area (Å²) in [6, 6.07) is 13.1. The molecule has 2 aliphatic heterocycles. The number of carboxylic acids is 1. The first-order chi connectivity index (χ1) is 20.9. The van der Waals surface area contributed by atoms with Crippen molar-refractivity contribution in [3.63, 3.8) is 0 Å². The second kappa shape index (κ2) is 12.3. The third-order valence-electron chi connectivity index (χ3n) is 8.53. The number of amides is 1. The van der Waals surface area contributed by atoms with Gasteiger partial charge < -0.3 is 29.2 Å². The Morgan fingerprint density at radius 3 is 2.39 bits per heavy atom. The fraction of sp³-hybridized carbons (Fsp3) is 0.375. The fourth-order valence-electron chi connectivity index (χ4n) is 6.26. The number of rotatable bonds is 10. The number of carboxylic acid groups (broad SMARTS) is 1. The maximum absolute atomic E-state index is 16.5. The number of aliphatic hydroxyl groups is 1. The van der Waals surface area contributed by atoms with Gasteiger partial charge in [-0.3, -0.25) is 9.69 Å². The van der Waals surface area contributed by atoms with Crippen molar-refractivity contribution in [1.82, 2.24) is 4.90 Å². The van der Waals surface area contributed by atoms with Gasteiger partial charge in [0.25, 0.3) is 5.91 Å². The first-order valence-electron chi connectivity index (χ1n) is 14.0. The Kier molecular flexibility index (Phi) is 8.94. The van der Waals surface area contributed by atoms with Crippen molar-refractivity contribution in [3.05, 3.63) is 98.3 Å². The quantitative estimate of drug-likeness (QED) is 0.334. The second-order valence-corrected chi connectivity index (χ2v) is 11.7. The highest BCUT2D eigenvalue weighted by Gasteiger charge is 2.57. The van der Waals surface area contributed by atoms with E-state index in [0.717, 1.165) is 6.07 Å². The zero-order valence-corrected chi connectivity index (χ0v) is 25.5. The Labute approximate surface area is 263 Å². The lowest BCUT2D eigenvalue weighted by molar-refractivity contribution is -0.307. The van der Waals surface area contributed by atoms with Gasteiger partial charge in [0.2, 0.25) is 0 Å². The summed E-state index contributed by atoms with van der Waals surface area (Å²) in [6.07, 6.45) is -0.293. The van der Waals surface area contributed by atoms with Gasteiger partial charge in [0.05, 0.1) is 23.6 Å².